The van der Waals surface area contributed by atoms with Crippen LogP contribution in [0.15, 0.2) is 60.7 Å². The topological polar surface area (TPSA) is 0 Å². The molecule has 1 aliphatic rings. The molecule has 0 amide bonds. The van der Waals surface area contributed by atoms with Crippen LogP contribution in [0.1, 0.15) is 6.42 Å². The van der Waals surface area contributed by atoms with E-state index in [0.717, 1.165) is 0 Å². The van der Waals surface area contributed by atoms with Crippen molar-refractivity contribution in [2.75, 3.05) is 12.3 Å². The summed E-state index contributed by atoms with van der Waals surface area (Å²) in [7, 11) is 0. The Balaban J connectivity index is 1.95. The molecule has 1 saturated heterocycles. The third kappa shape index (κ3) is 2.88. The van der Waals surface area contributed by atoms with E-state index >= 15 is 0 Å². The molecule has 0 radical (unpaired) electrons. The summed E-state index contributed by atoms with van der Waals surface area (Å²) in [5, 5.41) is 3.33. The molecule has 0 saturated carbocycles. The van der Waals surface area contributed by atoms with Crippen LogP contribution >= 0.6 is 13.2 Å². The van der Waals surface area contributed by atoms with Crippen LogP contribution in [0, 0.1) is 0 Å². The molecular formula is C17H22P2Se. The molecular weight excluding hydrogens is 345 g/mol. The fraction of sp³-hybridized carbons (Fsp3) is 0.294. The van der Waals surface area contributed by atoms with Crippen LogP contribution in [0.3, 0.4) is 0 Å². The first-order valence-corrected chi connectivity index (χ1v) is 18.0. The molecule has 3 heteroatoms. The van der Waals surface area contributed by atoms with Crippen LogP contribution in [-0.4, -0.2) is 24.3 Å². The van der Waals surface area contributed by atoms with Crippen LogP contribution in [0.2, 0.25) is 11.6 Å². The van der Waals surface area contributed by atoms with Crippen LogP contribution in [0.25, 0.3) is 0 Å². The van der Waals surface area contributed by atoms with Gasteiger partial charge in [-0.2, -0.15) is 0 Å². The van der Waals surface area contributed by atoms with E-state index < -0.39 is 12.0 Å². The summed E-state index contributed by atoms with van der Waals surface area (Å²) in [4.78, 5) is 0. The van der Waals surface area contributed by atoms with Crippen LogP contribution < -0.4 is 10.6 Å². The molecule has 2 aromatic carbocycles. The van der Waals surface area contributed by atoms with Gasteiger partial charge in [0.05, 0.1) is 0 Å². The molecule has 0 aliphatic carbocycles. The van der Waals surface area contributed by atoms with E-state index in [4.69, 9.17) is 0 Å². The first-order valence-electron chi connectivity index (χ1n) is 7.08. The zero-order chi connectivity index (χ0) is 14.0. The minimum absolute atomic E-state index is 0.112. The molecule has 106 valence electrons. The van der Waals surface area contributed by atoms with Gasteiger partial charge in [0.2, 0.25) is 0 Å². The summed E-state index contributed by atoms with van der Waals surface area (Å²) in [5.41, 5.74) is 0. The maximum atomic E-state index is 2.67. The van der Waals surface area contributed by atoms with Gasteiger partial charge in [-0.15, -0.1) is 0 Å². The molecule has 1 heterocycles. The Morgan fingerprint density at radius 1 is 0.700 bits per heavy atom. The van der Waals surface area contributed by atoms with Crippen LogP contribution in [0.4, 0.5) is 0 Å². The van der Waals surface area contributed by atoms with Gasteiger partial charge in [-0.05, 0) is 0 Å². The van der Waals surface area contributed by atoms with Crippen molar-refractivity contribution in [2.24, 2.45) is 0 Å². The molecule has 0 unspecified atom stereocenters. The molecule has 2 atom stereocenters. The Morgan fingerprint density at radius 2 is 1.10 bits per heavy atom. The quantitative estimate of drug-likeness (QED) is 0.533. The van der Waals surface area contributed by atoms with Crippen LogP contribution in [0.5, 0.6) is 0 Å². The first-order chi connectivity index (χ1) is 9.69. The van der Waals surface area contributed by atoms with Gasteiger partial charge in [0.25, 0.3) is 0 Å². The Labute approximate surface area is 126 Å². The molecule has 0 bridgehead atoms. The van der Waals surface area contributed by atoms with Gasteiger partial charge in [0, 0.05) is 0 Å². The second-order valence-electron chi connectivity index (χ2n) is 5.45. The second-order valence-corrected chi connectivity index (χ2v) is 30.5. The fourth-order valence-electron chi connectivity index (χ4n) is 2.89. The van der Waals surface area contributed by atoms with Crippen molar-refractivity contribution in [3.05, 3.63) is 60.7 Å². The van der Waals surface area contributed by atoms with E-state index in [-0.39, 0.29) is 13.2 Å². The van der Waals surface area contributed by atoms with E-state index in [1.807, 2.05) is 0 Å². The Kier molecular flexibility index (Phi) is 4.64. The Bertz CT molecular complexity index is 504. The molecule has 3 rings (SSSR count). The molecule has 20 heavy (non-hydrogen) atoms. The summed E-state index contributed by atoms with van der Waals surface area (Å²) in [6.07, 6.45) is 4.37. The van der Waals surface area contributed by atoms with Gasteiger partial charge in [0.15, 0.2) is 0 Å². The standard InChI is InChI=1S/C17H22P2Se/c1-20(2)18(16-10-5-3-6-11-16)14-9-15-19(20)17-12-7-4-8-13-17/h3-8,10-13H,9,14-15H2,1-2H3/t18-,19-/m1/s1. The number of hydrogen-bond acceptors (Lipinski definition) is 0. The van der Waals surface area contributed by atoms with Crippen LogP contribution in [-0.2, 0) is 0 Å². The van der Waals surface area contributed by atoms with Gasteiger partial charge < -0.3 is 0 Å². The molecule has 0 aromatic heterocycles. The number of benzene rings is 2. The fourth-order valence-corrected chi connectivity index (χ4v) is 33.7. The first kappa shape index (κ1) is 14.7. The average Bonchev–Trinajstić information content (AvgIpc) is 2.48. The molecule has 1 fully saturated rings. The number of hydrogen-bond donors (Lipinski definition) is 0. The average molecular weight is 367 g/mol. The van der Waals surface area contributed by atoms with Crippen molar-refractivity contribution in [1.82, 2.24) is 0 Å². The predicted octanol–water partition coefficient (Wildman–Crippen LogP) is 4.71. The minimum atomic E-state index is -1.41. The van der Waals surface area contributed by atoms with E-state index in [2.05, 4.69) is 72.3 Å². The van der Waals surface area contributed by atoms with Crippen molar-refractivity contribution in [1.29, 1.82) is 0 Å². The zero-order valence-electron chi connectivity index (χ0n) is 12.2. The van der Waals surface area contributed by atoms with Gasteiger partial charge in [-0.3, -0.25) is 0 Å². The third-order valence-electron chi connectivity index (χ3n) is 3.89. The summed E-state index contributed by atoms with van der Waals surface area (Å²) in [5.74, 6) is 5.35. The summed E-state index contributed by atoms with van der Waals surface area (Å²) < 4.78 is 0. The van der Waals surface area contributed by atoms with Crippen molar-refractivity contribution in [3.63, 3.8) is 0 Å². The normalized spacial score (nSPS) is 26.9. The van der Waals surface area contributed by atoms with Crippen molar-refractivity contribution < 1.29 is 0 Å². The third-order valence-corrected chi connectivity index (χ3v) is 33.9. The predicted molar refractivity (Wildman–Crippen MR) is 97.8 cm³/mol. The van der Waals surface area contributed by atoms with E-state index in [1.54, 1.807) is 10.6 Å². The van der Waals surface area contributed by atoms with E-state index in [1.165, 1.54) is 18.7 Å². The summed E-state index contributed by atoms with van der Waals surface area (Å²) in [6.45, 7) is 0.224. The maximum absolute atomic E-state index is 2.67. The SMILES string of the molecule is C[Se]1(C)[P@@](c2ccccc2)CCC[P@]1c1ccccc1. The van der Waals surface area contributed by atoms with Crippen molar-refractivity contribution >= 4 is 35.8 Å². The Hall–Kier alpha value is -0.181. The Morgan fingerprint density at radius 3 is 1.50 bits per heavy atom. The summed E-state index contributed by atoms with van der Waals surface area (Å²) >= 11 is -1.41. The molecule has 0 nitrogen and oxygen atoms in total. The number of rotatable bonds is 2. The second kappa shape index (κ2) is 6.29. The molecule has 0 N–H and O–H groups in total. The van der Waals surface area contributed by atoms with Crippen molar-refractivity contribution in [3.8, 4) is 0 Å². The summed E-state index contributed by atoms with van der Waals surface area (Å²) in [6, 6.07) is 22.7. The molecule has 0 spiro atoms. The molecule has 2 aromatic rings. The van der Waals surface area contributed by atoms with E-state index in [0.29, 0.717) is 0 Å². The van der Waals surface area contributed by atoms with E-state index in [9.17, 15) is 0 Å². The van der Waals surface area contributed by atoms with Gasteiger partial charge in [-0.1, -0.05) is 0 Å². The zero-order valence-corrected chi connectivity index (χ0v) is 15.7. The van der Waals surface area contributed by atoms with Gasteiger partial charge in [0.1, 0.15) is 0 Å². The monoisotopic (exact) mass is 368 g/mol. The van der Waals surface area contributed by atoms with Gasteiger partial charge in [-0.25, -0.2) is 0 Å². The molecule has 1 aliphatic heterocycles. The van der Waals surface area contributed by atoms with Crippen molar-refractivity contribution in [2.45, 2.75) is 18.1 Å². The van der Waals surface area contributed by atoms with Gasteiger partial charge >= 0.3 is 127 Å².